The first kappa shape index (κ1) is 22.5. The molecule has 2 heterocycles. The van der Waals surface area contributed by atoms with Crippen molar-refractivity contribution >= 4 is 40.8 Å². The number of carbonyl (C=O) groups is 4. The maximum Gasteiger partial charge on any atom is 0.340 e. The number of ether oxygens (including phenoxy) is 2. The van der Waals surface area contributed by atoms with Crippen LogP contribution in [0.25, 0.3) is 0 Å². The van der Waals surface area contributed by atoms with Crippen molar-refractivity contribution in [2.45, 2.75) is 12.8 Å². The molecule has 31 heavy (non-hydrogen) atoms. The number of rotatable bonds is 6. The Morgan fingerprint density at radius 3 is 2.45 bits per heavy atom. The minimum absolute atomic E-state index is 0.201. The number of hydrogen-bond acceptors (Lipinski definition) is 7. The molecule has 1 saturated heterocycles. The standard InChI is InChI=1S/C22H24N2O6S/c1-23(20(26)18-8-5-13-31-18)17-7-4-3-6-16(17)22(28)30-14-19(25)24-11-9-15(10-12-24)21(27)29-2/h3-8,13,15H,9-12,14H2,1-2H3. The number of thiophene rings is 1. The van der Waals surface area contributed by atoms with Crippen molar-refractivity contribution in [3.63, 3.8) is 0 Å². The maximum absolute atomic E-state index is 12.7. The molecular weight excluding hydrogens is 420 g/mol. The highest BCUT2D eigenvalue weighted by atomic mass is 32.1. The van der Waals surface area contributed by atoms with Gasteiger partial charge in [0.1, 0.15) is 0 Å². The topological polar surface area (TPSA) is 93.2 Å². The third-order valence-corrected chi connectivity index (χ3v) is 6.09. The third kappa shape index (κ3) is 5.29. The van der Waals surface area contributed by atoms with Crippen LogP contribution in [0.4, 0.5) is 5.69 Å². The van der Waals surface area contributed by atoms with Crippen LogP contribution in [-0.2, 0) is 19.1 Å². The second kappa shape index (κ2) is 10.2. The summed E-state index contributed by atoms with van der Waals surface area (Å²) in [6, 6.07) is 10.1. The molecule has 0 spiro atoms. The van der Waals surface area contributed by atoms with Crippen molar-refractivity contribution < 1.29 is 28.7 Å². The molecule has 1 aliphatic heterocycles. The van der Waals surface area contributed by atoms with Crippen molar-refractivity contribution in [1.82, 2.24) is 4.90 Å². The molecular formula is C22H24N2O6S. The first-order valence-corrected chi connectivity index (χ1v) is 10.7. The van der Waals surface area contributed by atoms with E-state index < -0.39 is 12.6 Å². The average Bonchev–Trinajstić information content (AvgIpc) is 3.36. The highest BCUT2D eigenvalue weighted by Crippen LogP contribution is 2.24. The van der Waals surface area contributed by atoms with E-state index >= 15 is 0 Å². The zero-order chi connectivity index (χ0) is 22.4. The first-order chi connectivity index (χ1) is 14.9. The molecule has 1 aliphatic rings. The van der Waals surface area contributed by atoms with Gasteiger partial charge in [0.25, 0.3) is 11.8 Å². The van der Waals surface area contributed by atoms with Crippen molar-refractivity contribution in [2.24, 2.45) is 5.92 Å². The first-order valence-electron chi connectivity index (χ1n) is 9.85. The molecule has 0 atom stereocenters. The quantitative estimate of drug-likeness (QED) is 0.636. The summed E-state index contributed by atoms with van der Waals surface area (Å²) < 4.78 is 9.99. The number of methoxy groups -OCH3 is 1. The van der Waals surface area contributed by atoms with Gasteiger partial charge in [-0.15, -0.1) is 11.3 Å². The second-order valence-electron chi connectivity index (χ2n) is 7.11. The van der Waals surface area contributed by atoms with E-state index in [0.29, 0.717) is 36.5 Å². The van der Waals surface area contributed by atoms with Gasteiger partial charge in [-0.05, 0) is 36.4 Å². The van der Waals surface area contributed by atoms with Crippen LogP contribution in [0.15, 0.2) is 41.8 Å². The van der Waals surface area contributed by atoms with Gasteiger partial charge in [0, 0.05) is 20.1 Å². The molecule has 0 radical (unpaired) electrons. The Hall–Kier alpha value is -3.20. The second-order valence-corrected chi connectivity index (χ2v) is 8.06. The van der Waals surface area contributed by atoms with Crippen LogP contribution >= 0.6 is 11.3 Å². The Morgan fingerprint density at radius 2 is 1.81 bits per heavy atom. The summed E-state index contributed by atoms with van der Waals surface area (Å²) in [6.45, 7) is 0.411. The highest BCUT2D eigenvalue weighted by Gasteiger charge is 2.28. The molecule has 1 aromatic heterocycles. The van der Waals surface area contributed by atoms with Crippen molar-refractivity contribution in [3.8, 4) is 0 Å². The van der Waals surface area contributed by atoms with E-state index in [1.165, 1.54) is 23.3 Å². The fourth-order valence-electron chi connectivity index (χ4n) is 3.44. The Morgan fingerprint density at radius 1 is 1.10 bits per heavy atom. The van der Waals surface area contributed by atoms with Crippen LogP contribution in [0.2, 0.25) is 0 Å². The monoisotopic (exact) mass is 444 g/mol. The largest absolute Gasteiger partial charge is 0.469 e. The Bertz CT molecular complexity index is 951. The van der Waals surface area contributed by atoms with Crippen LogP contribution in [0.1, 0.15) is 32.9 Å². The van der Waals surface area contributed by atoms with Gasteiger partial charge in [-0.3, -0.25) is 14.4 Å². The lowest BCUT2D eigenvalue weighted by Crippen LogP contribution is -2.42. The molecule has 0 bridgehead atoms. The Labute approximate surface area is 184 Å². The maximum atomic E-state index is 12.7. The zero-order valence-corrected chi connectivity index (χ0v) is 18.2. The van der Waals surface area contributed by atoms with E-state index in [1.54, 1.807) is 53.7 Å². The summed E-state index contributed by atoms with van der Waals surface area (Å²) in [7, 11) is 2.94. The van der Waals surface area contributed by atoms with E-state index in [-0.39, 0.29) is 29.3 Å². The van der Waals surface area contributed by atoms with Gasteiger partial charge in [-0.2, -0.15) is 0 Å². The summed E-state index contributed by atoms with van der Waals surface area (Å²) in [5, 5.41) is 1.81. The molecule has 1 fully saturated rings. The number of hydrogen-bond donors (Lipinski definition) is 0. The summed E-state index contributed by atoms with van der Waals surface area (Å²) in [6.07, 6.45) is 1.04. The molecule has 0 N–H and O–H groups in total. The lowest BCUT2D eigenvalue weighted by atomic mass is 9.97. The van der Waals surface area contributed by atoms with Crippen LogP contribution < -0.4 is 4.90 Å². The fraction of sp³-hybridized carbons (Fsp3) is 0.364. The number of amides is 2. The Kier molecular flexibility index (Phi) is 7.41. The number of anilines is 1. The van der Waals surface area contributed by atoms with E-state index in [9.17, 15) is 19.2 Å². The normalized spacial score (nSPS) is 14.1. The number of esters is 2. The van der Waals surface area contributed by atoms with Gasteiger partial charge < -0.3 is 19.3 Å². The predicted molar refractivity (Wildman–Crippen MR) is 115 cm³/mol. The van der Waals surface area contributed by atoms with E-state index in [0.717, 1.165) is 0 Å². The minimum atomic E-state index is -0.681. The van der Waals surface area contributed by atoms with Crippen LogP contribution in [-0.4, -0.2) is 62.5 Å². The SMILES string of the molecule is COC(=O)C1CCN(C(=O)COC(=O)c2ccccc2N(C)C(=O)c2cccs2)CC1. The average molecular weight is 445 g/mol. The summed E-state index contributed by atoms with van der Waals surface area (Å²) >= 11 is 1.32. The molecule has 0 saturated carbocycles. The minimum Gasteiger partial charge on any atom is -0.469 e. The molecule has 9 heteroatoms. The molecule has 164 valence electrons. The number of nitrogens with zero attached hydrogens (tertiary/aromatic N) is 2. The van der Waals surface area contributed by atoms with E-state index in [4.69, 9.17) is 9.47 Å². The predicted octanol–water partition coefficient (Wildman–Crippen LogP) is 2.59. The third-order valence-electron chi connectivity index (χ3n) is 5.23. The summed E-state index contributed by atoms with van der Waals surface area (Å²) in [5.41, 5.74) is 0.601. The van der Waals surface area contributed by atoms with Gasteiger partial charge in [0.05, 0.1) is 29.2 Å². The van der Waals surface area contributed by atoms with Gasteiger partial charge in [0.2, 0.25) is 0 Å². The smallest absolute Gasteiger partial charge is 0.340 e. The molecule has 2 aromatic rings. The van der Waals surface area contributed by atoms with Crippen molar-refractivity contribution in [3.05, 3.63) is 52.2 Å². The highest BCUT2D eigenvalue weighted by molar-refractivity contribution is 7.12. The molecule has 0 unspecified atom stereocenters. The molecule has 3 rings (SSSR count). The lowest BCUT2D eigenvalue weighted by Gasteiger charge is -2.30. The number of likely N-dealkylation sites (tertiary alicyclic amines) is 1. The number of benzene rings is 1. The fourth-order valence-corrected chi connectivity index (χ4v) is 4.14. The van der Waals surface area contributed by atoms with Crippen molar-refractivity contribution in [2.75, 3.05) is 38.8 Å². The summed E-state index contributed by atoms with van der Waals surface area (Å²) in [4.78, 5) is 52.8. The molecule has 1 aromatic carbocycles. The molecule has 2 amide bonds. The van der Waals surface area contributed by atoms with Gasteiger partial charge >= 0.3 is 11.9 Å². The van der Waals surface area contributed by atoms with E-state index in [2.05, 4.69) is 0 Å². The van der Waals surface area contributed by atoms with E-state index in [1.807, 2.05) is 0 Å². The summed E-state index contributed by atoms with van der Waals surface area (Å²) in [5.74, 6) is -1.72. The van der Waals surface area contributed by atoms with Crippen LogP contribution in [0, 0.1) is 5.92 Å². The van der Waals surface area contributed by atoms with Gasteiger partial charge in [-0.1, -0.05) is 18.2 Å². The number of carbonyl (C=O) groups excluding carboxylic acids is 4. The van der Waals surface area contributed by atoms with Gasteiger partial charge in [0.15, 0.2) is 6.61 Å². The van der Waals surface area contributed by atoms with Crippen molar-refractivity contribution in [1.29, 1.82) is 0 Å². The zero-order valence-electron chi connectivity index (χ0n) is 17.4. The van der Waals surface area contributed by atoms with Crippen LogP contribution in [0.5, 0.6) is 0 Å². The molecule has 8 nitrogen and oxygen atoms in total. The lowest BCUT2D eigenvalue weighted by molar-refractivity contribution is -0.149. The Balaban J connectivity index is 1.59. The number of piperidine rings is 1. The van der Waals surface area contributed by atoms with Crippen LogP contribution in [0.3, 0.4) is 0 Å². The molecule has 0 aliphatic carbocycles. The van der Waals surface area contributed by atoms with Gasteiger partial charge in [-0.25, -0.2) is 4.79 Å². The number of para-hydroxylation sites is 1.